The van der Waals surface area contributed by atoms with Gasteiger partial charge in [0.1, 0.15) is 0 Å². The van der Waals surface area contributed by atoms with Gasteiger partial charge in [0.2, 0.25) is 0 Å². The van der Waals surface area contributed by atoms with E-state index in [9.17, 15) is 5.11 Å². The van der Waals surface area contributed by atoms with E-state index in [2.05, 4.69) is 48.3 Å². The molecule has 0 amide bonds. The van der Waals surface area contributed by atoms with Gasteiger partial charge in [-0.25, -0.2) is 0 Å². The highest BCUT2D eigenvalue weighted by atomic mass is 16.3. The second-order valence-electron chi connectivity index (χ2n) is 5.85. The van der Waals surface area contributed by atoms with Crippen LogP contribution in [0.1, 0.15) is 43.4 Å². The summed E-state index contributed by atoms with van der Waals surface area (Å²) in [6.07, 6.45) is 3.61. The second-order valence-corrected chi connectivity index (χ2v) is 5.85. The lowest BCUT2D eigenvalue weighted by Gasteiger charge is -2.33. The van der Waals surface area contributed by atoms with E-state index < -0.39 is 0 Å². The van der Waals surface area contributed by atoms with Crippen LogP contribution in [-0.2, 0) is 0 Å². The van der Waals surface area contributed by atoms with E-state index in [-0.39, 0.29) is 6.61 Å². The van der Waals surface area contributed by atoms with Crippen LogP contribution >= 0.6 is 0 Å². The number of benzene rings is 1. The van der Waals surface area contributed by atoms with E-state index in [4.69, 9.17) is 0 Å². The van der Waals surface area contributed by atoms with Gasteiger partial charge < -0.3 is 10.4 Å². The van der Waals surface area contributed by atoms with Gasteiger partial charge in [0, 0.05) is 25.2 Å². The van der Waals surface area contributed by atoms with E-state index in [0.717, 1.165) is 26.1 Å². The summed E-state index contributed by atoms with van der Waals surface area (Å²) in [4.78, 5) is 2.44. The molecule has 0 aromatic heterocycles. The van der Waals surface area contributed by atoms with Crippen LogP contribution in [0.3, 0.4) is 0 Å². The van der Waals surface area contributed by atoms with Crippen LogP contribution in [0.4, 0.5) is 0 Å². The van der Waals surface area contributed by atoms with Crippen molar-refractivity contribution in [2.45, 2.75) is 45.2 Å². The zero-order valence-electron chi connectivity index (χ0n) is 12.8. The smallest absolute Gasteiger partial charge is 0.0558 e. The first-order valence-corrected chi connectivity index (χ1v) is 7.89. The number of rotatable bonds is 7. The molecule has 1 aromatic carbocycles. The summed E-state index contributed by atoms with van der Waals surface area (Å²) >= 11 is 0. The topological polar surface area (TPSA) is 35.5 Å². The lowest BCUT2D eigenvalue weighted by atomic mass is 10.0. The number of nitrogens with one attached hydrogen (secondary N) is 1. The molecule has 3 heteroatoms. The minimum Gasteiger partial charge on any atom is -0.395 e. The summed E-state index contributed by atoms with van der Waals surface area (Å²) in [5, 5.41) is 12.9. The molecule has 112 valence electrons. The van der Waals surface area contributed by atoms with Crippen LogP contribution in [0.2, 0.25) is 0 Å². The highest BCUT2D eigenvalue weighted by Gasteiger charge is 2.23. The third-order valence-corrected chi connectivity index (χ3v) is 4.29. The molecule has 0 saturated carbocycles. The van der Waals surface area contributed by atoms with E-state index in [0.29, 0.717) is 12.1 Å². The number of aliphatic hydroxyl groups excluding tert-OH is 1. The van der Waals surface area contributed by atoms with Crippen LogP contribution in [0, 0.1) is 6.92 Å². The molecule has 0 radical (unpaired) electrons. The highest BCUT2D eigenvalue weighted by molar-refractivity contribution is 5.24. The van der Waals surface area contributed by atoms with E-state index >= 15 is 0 Å². The Labute approximate surface area is 123 Å². The van der Waals surface area contributed by atoms with Crippen molar-refractivity contribution >= 4 is 0 Å². The standard InChI is InChI=1S/C17H28N2O/c1-3-17(15-8-6-14(2)7-9-15)19(11-12-20)13-16-5-4-10-18-16/h6-9,16-18,20H,3-5,10-13H2,1-2H3. The highest BCUT2D eigenvalue weighted by Crippen LogP contribution is 2.25. The van der Waals surface area contributed by atoms with Crippen molar-refractivity contribution in [2.24, 2.45) is 0 Å². The maximum Gasteiger partial charge on any atom is 0.0558 e. The average Bonchev–Trinajstić information content (AvgIpc) is 2.95. The molecule has 1 heterocycles. The fourth-order valence-corrected chi connectivity index (χ4v) is 3.19. The van der Waals surface area contributed by atoms with Gasteiger partial charge >= 0.3 is 0 Å². The van der Waals surface area contributed by atoms with Gasteiger partial charge in [0.15, 0.2) is 0 Å². The number of hydrogen-bond donors (Lipinski definition) is 2. The van der Waals surface area contributed by atoms with Crippen molar-refractivity contribution < 1.29 is 5.11 Å². The van der Waals surface area contributed by atoms with E-state index in [1.807, 2.05) is 0 Å². The quantitative estimate of drug-likeness (QED) is 0.803. The Bertz CT molecular complexity index is 384. The van der Waals surface area contributed by atoms with Crippen LogP contribution < -0.4 is 5.32 Å². The zero-order chi connectivity index (χ0) is 14.4. The predicted molar refractivity (Wildman–Crippen MR) is 83.9 cm³/mol. The summed E-state index contributed by atoms with van der Waals surface area (Å²) in [5.74, 6) is 0. The molecule has 1 aromatic rings. The van der Waals surface area contributed by atoms with Crippen LogP contribution in [0.15, 0.2) is 24.3 Å². The minimum absolute atomic E-state index is 0.231. The van der Waals surface area contributed by atoms with Crippen molar-refractivity contribution in [2.75, 3.05) is 26.2 Å². The molecule has 2 unspecified atom stereocenters. The summed E-state index contributed by atoms with van der Waals surface area (Å²) in [6, 6.07) is 9.82. The summed E-state index contributed by atoms with van der Waals surface area (Å²) in [6.45, 7) is 7.52. The maximum atomic E-state index is 9.38. The van der Waals surface area contributed by atoms with Gasteiger partial charge in [0.05, 0.1) is 6.61 Å². The third kappa shape index (κ3) is 4.05. The van der Waals surface area contributed by atoms with E-state index in [1.165, 1.54) is 24.0 Å². The number of aryl methyl sites for hydroxylation is 1. The monoisotopic (exact) mass is 276 g/mol. The van der Waals surface area contributed by atoms with E-state index in [1.54, 1.807) is 0 Å². The van der Waals surface area contributed by atoms with Crippen molar-refractivity contribution in [1.82, 2.24) is 10.2 Å². The van der Waals surface area contributed by atoms with Gasteiger partial charge in [-0.1, -0.05) is 36.8 Å². The SMILES string of the molecule is CCC(c1ccc(C)cc1)N(CCO)CC1CCCN1. The van der Waals surface area contributed by atoms with Gasteiger partial charge in [-0.2, -0.15) is 0 Å². The van der Waals surface area contributed by atoms with Gasteiger partial charge in [-0.3, -0.25) is 4.90 Å². The third-order valence-electron chi connectivity index (χ3n) is 4.29. The Morgan fingerprint density at radius 1 is 1.35 bits per heavy atom. The normalized spacial score (nSPS) is 20.5. The molecule has 2 rings (SSSR count). The molecule has 1 fully saturated rings. The van der Waals surface area contributed by atoms with Crippen LogP contribution in [0.5, 0.6) is 0 Å². The van der Waals surface area contributed by atoms with Crippen molar-refractivity contribution in [3.05, 3.63) is 35.4 Å². The molecule has 3 nitrogen and oxygen atoms in total. The van der Waals surface area contributed by atoms with Crippen molar-refractivity contribution in [1.29, 1.82) is 0 Å². The summed E-state index contributed by atoms with van der Waals surface area (Å²) in [5.41, 5.74) is 2.67. The van der Waals surface area contributed by atoms with Gasteiger partial charge in [-0.05, 0) is 38.3 Å². The van der Waals surface area contributed by atoms with Crippen LogP contribution in [0.25, 0.3) is 0 Å². The Morgan fingerprint density at radius 2 is 2.10 bits per heavy atom. The first-order valence-electron chi connectivity index (χ1n) is 7.89. The zero-order valence-corrected chi connectivity index (χ0v) is 12.8. The molecular formula is C17H28N2O. The number of nitrogens with zero attached hydrogens (tertiary/aromatic N) is 1. The molecule has 2 atom stereocenters. The number of aliphatic hydroxyl groups is 1. The molecular weight excluding hydrogens is 248 g/mol. The maximum absolute atomic E-state index is 9.38. The molecule has 1 saturated heterocycles. The fraction of sp³-hybridized carbons (Fsp3) is 0.647. The van der Waals surface area contributed by atoms with Crippen molar-refractivity contribution in [3.8, 4) is 0 Å². The average molecular weight is 276 g/mol. The minimum atomic E-state index is 0.231. The molecule has 1 aliphatic rings. The predicted octanol–water partition coefficient (Wildman–Crippen LogP) is 2.49. The molecule has 0 spiro atoms. The van der Waals surface area contributed by atoms with Crippen molar-refractivity contribution in [3.63, 3.8) is 0 Å². The lowest BCUT2D eigenvalue weighted by Crippen LogP contribution is -2.41. The molecule has 0 bridgehead atoms. The van der Waals surface area contributed by atoms with Gasteiger partial charge in [-0.15, -0.1) is 0 Å². The van der Waals surface area contributed by atoms with Gasteiger partial charge in [0.25, 0.3) is 0 Å². The molecule has 1 aliphatic heterocycles. The molecule has 0 aliphatic carbocycles. The second kappa shape index (κ2) is 7.77. The first kappa shape index (κ1) is 15.5. The summed E-state index contributed by atoms with van der Waals surface area (Å²) in [7, 11) is 0. The number of hydrogen-bond acceptors (Lipinski definition) is 3. The molecule has 2 N–H and O–H groups in total. The Hall–Kier alpha value is -0.900. The summed E-state index contributed by atoms with van der Waals surface area (Å²) < 4.78 is 0. The Morgan fingerprint density at radius 3 is 2.65 bits per heavy atom. The van der Waals surface area contributed by atoms with Crippen LogP contribution in [-0.4, -0.2) is 42.3 Å². The largest absolute Gasteiger partial charge is 0.395 e. The molecule has 20 heavy (non-hydrogen) atoms. The fourth-order valence-electron chi connectivity index (χ4n) is 3.19. The Kier molecular flexibility index (Phi) is 6.02. The lowest BCUT2D eigenvalue weighted by molar-refractivity contribution is 0.136. The Balaban J connectivity index is 2.08. The first-order chi connectivity index (χ1) is 9.74.